The molecule has 0 aromatic carbocycles. The first-order valence-corrected chi connectivity index (χ1v) is 18.9. The van der Waals surface area contributed by atoms with Crippen molar-refractivity contribution in [3.8, 4) is 0 Å². The van der Waals surface area contributed by atoms with Gasteiger partial charge in [-0.05, 0) is 12.6 Å². The van der Waals surface area contributed by atoms with Gasteiger partial charge >= 0.3 is 0 Å². The summed E-state index contributed by atoms with van der Waals surface area (Å²) in [5.41, 5.74) is 0. The van der Waals surface area contributed by atoms with E-state index < -0.39 is 0 Å². The Balaban J connectivity index is 3.00. The fraction of sp³-hybridized carbons (Fsp3) is 1.00. The molecule has 0 aliphatic carbocycles. The minimum absolute atomic E-state index is 1.29. The minimum atomic E-state index is 1.29. The van der Waals surface area contributed by atoms with Crippen molar-refractivity contribution in [3.05, 3.63) is 0 Å². The number of hydrogen-bond acceptors (Lipinski definition) is 0. The highest BCUT2D eigenvalue weighted by molar-refractivity contribution is 7.16. The summed E-state index contributed by atoms with van der Waals surface area (Å²) in [5.74, 6) is 0. The van der Waals surface area contributed by atoms with E-state index in [-0.39, 0.29) is 0 Å². The lowest BCUT2D eigenvalue weighted by molar-refractivity contribution is 0.511. The molecule has 0 heterocycles. The van der Waals surface area contributed by atoms with E-state index in [4.69, 9.17) is 0 Å². The van der Waals surface area contributed by atoms with Gasteiger partial charge in [0.2, 0.25) is 0 Å². The number of unbranched alkanes of at least 4 members (excludes halogenated alkanes) is 33. The quantitative estimate of drug-likeness (QED) is 0.0564. The van der Waals surface area contributed by atoms with E-state index in [0.29, 0.717) is 0 Å². The molecule has 0 saturated heterocycles. The minimum Gasteiger partial charge on any atom is -0.138 e. The van der Waals surface area contributed by atoms with Crippen molar-refractivity contribution in [1.82, 2.24) is 0 Å². The molecule has 0 rings (SSSR count). The maximum Gasteiger partial charge on any atom is -0.0381 e. The molecule has 0 N–H and O–H groups in total. The van der Waals surface area contributed by atoms with Gasteiger partial charge in [-0.25, -0.2) is 0 Å². The average molecular weight is 539 g/mol. The van der Waals surface area contributed by atoms with Gasteiger partial charge in [0.25, 0.3) is 0 Å². The number of rotatable bonds is 34. The Bertz CT molecular complexity index is 332. The first-order chi connectivity index (χ1) is 18.4. The first kappa shape index (κ1) is 37.4. The van der Waals surface area contributed by atoms with Crippen LogP contribution in [-0.2, 0) is 0 Å². The van der Waals surface area contributed by atoms with Gasteiger partial charge in [0.05, 0.1) is 0 Å². The molecule has 0 aliphatic rings. The van der Waals surface area contributed by atoms with Gasteiger partial charge in [-0.3, -0.25) is 0 Å². The summed E-state index contributed by atoms with van der Waals surface area (Å²) >= 11 is 0. The molecule has 0 aromatic heterocycles. The highest BCUT2D eigenvalue weighted by atomic mass is 31.0. The van der Waals surface area contributed by atoms with Gasteiger partial charge in [-0.15, -0.1) is 9.24 Å². The van der Waals surface area contributed by atoms with Crippen LogP contribution in [0.15, 0.2) is 0 Å². The molecular formula is C36H75P. The second-order valence-corrected chi connectivity index (χ2v) is 13.0. The van der Waals surface area contributed by atoms with Gasteiger partial charge in [0.15, 0.2) is 0 Å². The normalized spacial score (nSPS) is 11.5. The third-order valence-corrected chi connectivity index (χ3v) is 8.97. The predicted molar refractivity (Wildman–Crippen MR) is 177 cm³/mol. The van der Waals surface area contributed by atoms with E-state index in [0.717, 1.165) is 0 Å². The third-order valence-electron chi connectivity index (χ3n) is 8.56. The van der Waals surface area contributed by atoms with Gasteiger partial charge in [0, 0.05) is 0 Å². The van der Waals surface area contributed by atoms with Crippen LogP contribution in [0.3, 0.4) is 0 Å². The molecule has 0 aliphatic heterocycles. The van der Waals surface area contributed by atoms with Crippen LogP contribution in [-0.4, -0.2) is 6.16 Å². The molecule has 0 bridgehead atoms. The summed E-state index contributed by atoms with van der Waals surface area (Å²) in [7, 11) is 2.85. The second-order valence-electron chi connectivity index (χ2n) is 12.5. The van der Waals surface area contributed by atoms with Crippen molar-refractivity contribution in [2.75, 3.05) is 6.16 Å². The molecule has 0 radical (unpaired) electrons. The van der Waals surface area contributed by atoms with Crippen molar-refractivity contribution in [2.45, 2.75) is 225 Å². The molecule has 0 aromatic rings. The fourth-order valence-electron chi connectivity index (χ4n) is 5.87. The number of hydrogen-bond donors (Lipinski definition) is 0. The summed E-state index contributed by atoms with van der Waals surface area (Å²) < 4.78 is 0. The average Bonchev–Trinajstić information content (AvgIpc) is 2.91. The zero-order valence-corrected chi connectivity index (χ0v) is 27.5. The van der Waals surface area contributed by atoms with E-state index in [1.807, 2.05) is 0 Å². The van der Waals surface area contributed by atoms with E-state index in [1.54, 1.807) is 0 Å². The predicted octanol–water partition coefficient (Wildman–Crippen LogP) is 14.1. The SMILES string of the molecule is CCCCCCCCCCCCCCCCCCCCCCCCCCCCCCCCCCCCP. The van der Waals surface area contributed by atoms with Crippen LogP contribution < -0.4 is 0 Å². The van der Waals surface area contributed by atoms with Crippen LogP contribution in [0.2, 0.25) is 0 Å². The molecule has 1 atom stereocenters. The molecule has 0 spiro atoms. The van der Waals surface area contributed by atoms with E-state index in [2.05, 4.69) is 16.2 Å². The second kappa shape index (κ2) is 36.4. The molecule has 0 amide bonds. The van der Waals surface area contributed by atoms with Gasteiger partial charge in [-0.1, -0.05) is 219 Å². The van der Waals surface area contributed by atoms with Crippen molar-refractivity contribution >= 4 is 9.24 Å². The van der Waals surface area contributed by atoms with E-state index in [9.17, 15) is 0 Å². The van der Waals surface area contributed by atoms with Crippen LogP contribution >= 0.6 is 9.24 Å². The van der Waals surface area contributed by atoms with Crippen LogP contribution in [0.1, 0.15) is 225 Å². The highest BCUT2D eigenvalue weighted by Gasteiger charge is 1.97. The van der Waals surface area contributed by atoms with Gasteiger partial charge in [0.1, 0.15) is 0 Å². The van der Waals surface area contributed by atoms with Crippen molar-refractivity contribution < 1.29 is 0 Å². The molecule has 1 unspecified atom stereocenters. The van der Waals surface area contributed by atoms with Crippen molar-refractivity contribution in [1.29, 1.82) is 0 Å². The standard InChI is InChI=1S/C36H75P/c1-2-3-4-5-6-7-8-9-10-11-12-13-14-15-16-17-18-19-20-21-22-23-24-25-26-27-28-29-30-31-32-33-34-35-36-37/h2-37H2,1H3. The van der Waals surface area contributed by atoms with E-state index >= 15 is 0 Å². The maximum atomic E-state index is 2.85. The summed E-state index contributed by atoms with van der Waals surface area (Å²) in [5, 5.41) is 0. The van der Waals surface area contributed by atoms with Gasteiger partial charge < -0.3 is 0 Å². The van der Waals surface area contributed by atoms with Crippen molar-refractivity contribution in [2.24, 2.45) is 0 Å². The van der Waals surface area contributed by atoms with Crippen LogP contribution in [0.25, 0.3) is 0 Å². The molecule has 0 nitrogen and oxygen atoms in total. The topological polar surface area (TPSA) is 0 Å². The van der Waals surface area contributed by atoms with E-state index in [1.165, 1.54) is 224 Å². The lowest BCUT2D eigenvalue weighted by atomic mass is 10.0. The summed E-state index contributed by atoms with van der Waals surface area (Å²) in [6, 6.07) is 0. The molecule has 37 heavy (non-hydrogen) atoms. The molecule has 224 valence electrons. The Labute approximate surface area is 240 Å². The first-order valence-electron chi connectivity index (χ1n) is 18.1. The Morgan fingerprint density at radius 2 is 0.351 bits per heavy atom. The van der Waals surface area contributed by atoms with Crippen LogP contribution in [0.5, 0.6) is 0 Å². The fourth-order valence-corrected chi connectivity index (χ4v) is 6.16. The summed E-state index contributed by atoms with van der Waals surface area (Å²) in [6.45, 7) is 2.31. The Hall–Kier alpha value is 0.430. The molecule has 0 fully saturated rings. The van der Waals surface area contributed by atoms with Crippen molar-refractivity contribution in [3.63, 3.8) is 0 Å². The highest BCUT2D eigenvalue weighted by Crippen LogP contribution is 2.17. The Kier molecular flexibility index (Phi) is 36.9. The van der Waals surface area contributed by atoms with Gasteiger partial charge in [-0.2, -0.15) is 0 Å². The molecular weight excluding hydrogens is 463 g/mol. The Morgan fingerprint density at radius 3 is 0.486 bits per heavy atom. The maximum absolute atomic E-state index is 2.85. The monoisotopic (exact) mass is 539 g/mol. The lowest BCUT2D eigenvalue weighted by Crippen LogP contribution is -1.85. The molecule has 1 heteroatoms. The zero-order chi connectivity index (χ0) is 26.7. The smallest absolute Gasteiger partial charge is 0.0381 e. The lowest BCUT2D eigenvalue weighted by Gasteiger charge is -2.05. The zero-order valence-electron chi connectivity index (χ0n) is 26.3. The Morgan fingerprint density at radius 1 is 0.216 bits per heavy atom. The summed E-state index contributed by atoms with van der Waals surface area (Å²) in [6.07, 6.45) is 51.7. The van der Waals surface area contributed by atoms with Crippen LogP contribution in [0, 0.1) is 0 Å². The largest absolute Gasteiger partial charge is 0.138 e. The third kappa shape index (κ3) is 36.4. The van der Waals surface area contributed by atoms with Crippen LogP contribution in [0.4, 0.5) is 0 Å². The molecule has 0 saturated carbocycles. The summed E-state index contributed by atoms with van der Waals surface area (Å²) in [4.78, 5) is 0.